The van der Waals surface area contributed by atoms with Crippen molar-refractivity contribution in [2.24, 2.45) is 5.73 Å². The van der Waals surface area contributed by atoms with E-state index >= 15 is 0 Å². The summed E-state index contributed by atoms with van der Waals surface area (Å²) in [4.78, 5) is 13.6. The Kier molecular flexibility index (Phi) is 3.59. The molecule has 0 bridgehead atoms. The van der Waals surface area contributed by atoms with E-state index in [1.54, 1.807) is 0 Å². The molecule has 1 atom stereocenters. The highest BCUT2D eigenvalue weighted by molar-refractivity contribution is 7.98. The summed E-state index contributed by atoms with van der Waals surface area (Å²) in [7, 11) is 2.05. The molecule has 92 valence electrons. The summed E-state index contributed by atoms with van der Waals surface area (Å²) in [6.45, 7) is 0.986. The molecule has 1 aromatic rings. The van der Waals surface area contributed by atoms with Crippen molar-refractivity contribution >= 4 is 29.0 Å². The highest BCUT2D eigenvalue weighted by atomic mass is 32.2. The molecule has 0 aromatic heterocycles. The highest BCUT2D eigenvalue weighted by Gasteiger charge is 2.27. The average molecular weight is 251 g/mol. The quantitative estimate of drug-likeness (QED) is 0.850. The van der Waals surface area contributed by atoms with Gasteiger partial charge in [0, 0.05) is 36.3 Å². The molecule has 3 N–H and O–H groups in total. The van der Waals surface area contributed by atoms with E-state index in [0.29, 0.717) is 0 Å². The molecule has 2 rings (SSSR count). The van der Waals surface area contributed by atoms with Gasteiger partial charge in [0.05, 0.1) is 0 Å². The maximum Gasteiger partial charge on any atom is 0.245 e. The molecule has 1 aliphatic rings. The number of nitrogens with two attached hydrogens (primary N) is 1. The molecule has 0 saturated carbocycles. The summed E-state index contributed by atoms with van der Waals surface area (Å²) in [6.07, 6.45) is 2.09. The Morgan fingerprint density at radius 3 is 3.00 bits per heavy atom. The van der Waals surface area contributed by atoms with E-state index in [4.69, 9.17) is 5.73 Å². The Morgan fingerprint density at radius 1 is 1.53 bits per heavy atom. The lowest BCUT2D eigenvalue weighted by Gasteiger charge is -2.19. The van der Waals surface area contributed by atoms with Gasteiger partial charge in [0.2, 0.25) is 5.91 Å². The SMILES string of the molecule is CSCCN(C)c1ccc2c(c1)NC(=O)C2N. The minimum Gasteiger partial charge on any atom is -0.374 e. The monoisotopic (exact) mass is 251 g/mol. The van der Waals surface area contributed by atoms with Crippen LogP contribution in [0.25, 0.3) is 0 Å². The van der Waals surface area contributed by atoms with Crippen molar-refractivity contribution in [2.45, 2.75) is 6.04 Å². The number of hydrogen-bond donors (Lipinski definition) is 2. The first-order valence-electron chi connectivity index (χ1n) is 5.54. The van der Waals surface area contributed by atoms with Crippen LogP contribution in [0.3, 0.4) is 0 Å². The number of hydrogen-bond acceptors (Lipinski definition) is 4. The molecular weight excluding hydrogens is 234 g/mol. The zero-order chi connectivity index (χ0) is 12.4. The van der Waals surface area contributed by atoms with Gasteiger partial charge in [-0.3, -0.25) is 4.79 Å². The fourth-order valence-electron chi connectivity index (χ4n) is 1.87. The summed E-state index contributed by atoms with van der Waals surface area (Å²) in [6, 6.07) is 5.42. The number of benzene rings is 1. The molecule has 1 aliphatic heterocycles. The maximum atomic E-state index is 11.4. The molecule has 0 radical (unpaired) electrons. The van der Waals surface area contributed by atoms with E-state index in [2.05, 4.69) is 23.5 Å². The van der Waals surface area contributed by atoms with Crippen LogP contribution < -0.4 is 16.0 Å². The topological polar surface area (TPSA) is 58.4 Å². The molecule has 0 spiro atoms. The molecule has 0 fully saturated rings. The zero-order valence-electron chi connectivity index (χ0n) is 10.1. The van der Waals surface area contributed by atoms with Crippen LogP contribution in [0.15, 0.2) is 18.2 Å². The summed E-state index contributed by atoms with van der Waals surface area (Å²) < 4.78 is 0. The number of anilines is 2. The smallest absolute Gasteiger partial charge is 0.245 e. The van der Waals surface area contributed by atoms with Crippen molar-refractivity contribution < 1.29 is 4.79 Å². The van der Waals surface area contributed by atoms with Crippen molar-refractivity contribution in [2.75, 3.05) is 35.8 Å². The van der Waals surface area contributed by atoms with Crippen LogP contribution in [-0.4, -0.2) is 31.5 Å². The lowest BCUT2D eigenvalue weighted by Crippen LogP contribution is -2.20. The van der Waals surface area contributed by atoms with E-state index in [9.17, 15) is 4.79 Å². The van der Waals surface area contributed by atoms with Crippen molar-refractivity contribution in [3.05, 3.63) is 23.8 Å². The lowest BCUT2D eigenvalue weighted by atomic mass is 10.1. The van der Waals surface area contributed by atoms with Crippen LogP contribution in [0, 0.1) is 0 Å². The Bertz CT molecular complexity index is 436. The molecule has 1 amide bonds. The van der Waals surface area contributed by atoms with Crippen molar-refractivity contribution in [3.63, 3.8) is 0 Å². The second-order valence-electron chi connectivity index (χ2n) is 4.15. The number of carbonyl (C=O) groups is 1. The van der Waals surface area contributed by atoms with Crippen LogP contribution in [0.4, 0.5) is 11.4 Å². The number of thioether (sulfide) groups is 1. The Morgan fingerprint density at radius 2 is 2.29 bits per heavy atom. The minimum absolute atomic E-state index is 0.121. The van der Waals surface area contributed by atoms with Gasteiger partial charge in [0.15, 0.2) is 0 Å². The zero-order valence-corrected chi connectivity index (χ0v) is 10.9. The van der Waals surface area contributed by atoms with Gasteiger partial charge >= 0.3 is 0 Å². The lowest BCUT2D eigenvalue weighted by molar-refractivity contribution is -0.116. The molecule has 17 heavy (non-hydrogen) atoms. The first-order chi connectivity index (χ1) is 8.13. The van der Waals surface area contributed by atoms with Gasteiger partial charge in [-0.15, -0.1) is 0 Å². The van der Waals surface area contributed by atoms with Gasteiger partial charge in [-0.05, 0) is 18.4 Å². The average Bonchev–Trinajstić information content (AvgIpc) is 2.61. The largest absolute Gasteiger partial charge is 0.374 e. The Labute approximate surface area is 106 Å². The number of amides is 1. The third-order valence-electron chi connectivity index (χ3n) is 2.98. The van der Waals surface area contributed by atoms with Crippen LogP contribution in [-0.2, 0) is 4.79 Å². The van der Waals surface area contributed by atoms with Crippen molar-refractivity contribution in [1.29, 1.82) is 0 Å². The number of nitrogens with zero attached hydrogens (tertiary/aromatic N) is 1. The molecule has 1 aromatic carbocycles. The molecule has 0 aliphatic carbocycles. The predicted octanol–water partition coefficient (Wildman–Crippen LogP) is 1.44. The molecule has 0 saturated heterocycles. The molecule has 1 unspecified atom stereocenters. The third kappa shape index (κ3) is 2.40. The fraction of sp³-hybridized carbons (Fsp3) is 0.417. The van der Waals surface area contributed by atoms with E-state index in [0.717, 1.165) is 29.2 Å². The van der Waals surface area contributed by atoms with E-state index in [1.165, 1.54) is 0 Å². The third-order valence-corrected chi connectivity index (χ3v) is 3.57. The Hall–Kier alpha value is -1.20. The van der Waals surface area contributed by atoms with E-state index in [-0.39, 0.29) is 5.91 Å². The van der Waals surface area contributed by atoms with Gasteiger partial charge in [-0.25, -0.2) is 0 Å². The molecule has 4 nitrogen and oxygen atoms in total. The fourth-order valence-corrected chi connectivity index (χ4v) is 2.33. The number of fused-ring (bicyclic) bond motifs is 1. The summed E-state index contributed by atoms with van der Waals surface area (Å²) in [5.74, 6) is 0.961. The van der Waals surface area contributed by atoms with E-state index < -0.39 is 6.04 Å². The number of nitrogens with one attached hydrogen (secondary N) is 1. The second-order valence-corrected chi connectivity index (χ2v) is 5.14. The van der Waals surface area contributed by atoms with Gasteiger partial charge in [0.25, 0.3) is 0 Å². The van der Waals surface area contributed by atoms with Gasteiger partial charge in [0.1, 0.15) is 6.04 Å². The first-order valence-corrected chi connectivity index (χ1v) is 6.93. The van der Waals surface area contributed by atoms with Crippen molar-refractivity contribution in [1.82, 2.24) is 0 Å². The molecule has 1 heterocycles. The van der Waals surface area contributed by atoms with E-state index in [1.807, 2.05) is 30.0 Å². The summed E-state index contributed by atoms with van der Waals surface area (Å²) in [5, 5.41) is 2.80. The second kappa shape index (κ2) is 4.98. The normalized spacial score (nSPS) is 17.8. The number of carbonyl (C=O) groups excluding carboxylic acids is 1. The maximum absolute atomic E-state index is 11.4. The predicted molar refractivity (Wildman–Crippen MR) is 73.7 cm³/mol. The van der Waals surface area contributed by atoms with Crippen LogP contribution >= 0.6 is 11.8 Å². The van der Waals surface area contributed by atoms with Crippen LogP contribution in [0.5, 0.6) is 0 Å². The minimum atomic E-state index is -0.518. The summed E-state index contributed by atoms with van der Waals surface area (Å²) in [5.41, 5.74) is 8.60. The van der Waals surface area contributed by atoms with Gasteiger partial charge < -0.3 is 16.0 Å². The van der Waals surface area contributed by atoms with Crippen LogP contribution in [0.2, 0.25) is 0 Å². The summed E-state index contributed by atoms with van der Waals surface area (Å²) >= 11 is 1.82. The van der Waals surface area contributed by atoms with Gasteiger partial charge in [-0.1, -0.05) is 6.07 Å². The van der Waals surface area contributed by atoms with Crippen LogP contribution in [0.1, 0.15) is 11.6 Å². The van der Waals surface area contributed by atoms with Gasteiger partial charge in [-0.2, -0.15) is 11.8 Å². The first kappa shape index (κ1) is 12.3. The molecule has 5 heteroatoms. The molecular formula is C12H17N3OS. The standard InChI is InChI=1S/C12H17N3OS/c1-15(5-6-17-2)8-3-4-9-10(7-8)14-12(16)11(9)13/h3-4,7,11H,5-6,13H2,1-2H3,(H,14,16). The highest BCUT2D eigenvalue weighted by Crippen LogP contribution is 2.32. The number of rotatable bonds is 4. The Balaban J connectivity index is 2.18. The van der Waals surface area contributed by atoms with Crippen molar-refractivity contribution in [3.8, 4) is 0 Å².